The fourth-order valence-corrected chi connectivity index (χ4v) is 3.06. The molecule has 0 fully saturated rings. The Kier molecular flexibility index (Phi) is 5.44. The Hall–Kier alpha value is -2.18. The van der Waals surface area contributed by atoms with Gasteiger partial charge in [0.25, 0.3) is 5.56 Å². The van der Waals surface area contributed by atoms with Crippen molar-refractivity contribution in [1.29, 1.82) is 0 Å². The standard InChI is InChI=1S/C19H17BrClN3O2/c1-3-11(2)18-23-16-6-5-13(20)9-14(16)19(26)24(18)22-10-12-4-7-17(25)15(21)8-12/h4-11,25H,3H2,1-2H3/t11-/m1/s1. The van der Waals surface area contributed by atoms with Crippen LogP contribution in [0.5, 0.6) is 5.75 Å². The third-order valence-electron chi connectivity index (χ3n) is 4.18. The molecule has 5 nitrogen and oxygen atoms in total. The summed E-state index contributed by atoms with van der Waals surface area (Å²) in [5, 5.41) is 14.6. The third-order valence-corrected chi connectivity index (χ3v) is 4.98. The normalized spacial score (nSPS) is 12.8. The van der Waals surface area contributed by atoms with Gasteiger partial charge in [0.15, 0.2) is 0 Å². The van der Waals surface area contributed by atoms with E-state index in [1.807, 2.05) is 26.0 Å². The molecule has 1 heterocycles. The zero-order chi connectivity index (χ0) is 18.8. The van der Waals surface area contributed by atoms with Gasteiger partial charge in [-0.2, -0.15) is 9.78 Å². The minimum atomic E-state index is -0.229. The Morgan fingerprint density at radius 3 is 2.81 bits per heavy atom. The van der Waals surface area contributed by atoms with Crippen LogP contribution in [-0.2, 0) is 0 Å². The average Bonchev–Trinajstić information content (AvgIpc) is 2.63. The maximum atomic E-state index is 13.0. The molecule has 3 aromatic rings. The number of halogens is 2. The van der Waals surface area contributed by atoms with Crippen LogP contribution < -0.4 is 5.56 Å². The van der Waals surface area contributed by atoms with E-state index in [0.29, 0.717) is 22.3 Å². The SMILES string of the molecule is CC[C@@H](C)c1nc2ccc(Br)cc2c(=O)n1N=Cc1ccc(O)c(Cl)c1. The number of aromatic nitrogens is 2. The van der Waals surface area contributed by atoms with Crippen LogP contribution in [-0.4, -0.2) is 21.0 Å². The number of rotatable bonds is 4. The Balaban J connectivity index is 2.18. The molecule has 26 heavy (non-hydrogen) atoms. The third kappa shape index (κ3) is 3.66. The van der Waals surface area contributed by atoms with Crippen LogP contribution in [0.4, 0.5) is 0 Å². The topological polar surface area (TPSA) is 67.5 Å². The number of hydrogen-bond donors (Lipinski definition) is 1. The first kappa shape index (κ1) is 18.6. The van der Waals surface area contributed by atoms with Crippen LogP contribution >= 0.6 is 27.5 Å². The average molecular weight is 435 g/mol. The van der Waals surface area contributed by atoms with E-state index in [2.05, 4.69) is 26.0 Å². The van der Waals surface area contributed by atoms with Crippen LogP contribution in [0.15, 0.2) is 50.8 Å². The molecule has 7 heteroatoms. The predicted octanol–water partition coefficient (Wildman–Crippen LogP) is 4.91. The number of hydrogen-bond acceptors (Lipinski definition) is 4. The van der Waals surface area contributed by atoms with Crippen molar-refractivity contribution in [2.24, 2.45) is 5.10 Å². The molecule has 0 aliphatic rings. The Bertz CT molecular complexity index is 1060. The summed E-state index contributed by atoms with van der Waals surface area (Å²) >= 11 is 9.32. The van der Waals surface area contributed by atoms with Crippen LogP contribution in [0.25, 0.3) is 10.9 Å². The van der Waals surface area contributed by atoms with E-state index < -0.39 is 0 Å². The van der Waals surface area contributed by atoms with Crippen molar-refractivity contribution < 1.29 is 5.11 Å². The Morgan fingerprint density at radius 1 is 1.35 bits per heavy atom. The second kappa shape index (κ2) is 7.60. The quantitative estimate of drug-likeness (QED) is 0.593. The highest BCUT2D eigenvalue weighted by Crippen LogP contribution is 2.23. The fourth-order valence-electron chi connectivity index (χ4n) is 2.51. The van der Waals surface area contributed by atoms with Crippen molar-refractivity contribution in [3.63, 3.8) is 0 Å². The van der Waals surface area contributed by atoms with E-state index in [-0.39, 0.29) is 22.2 Å². The number of phenols is 1. The van der Waals surface area contributed by atoms with Gasteiger partial charge in [0.1, 0.15) is 11.6 Å². The van der Waals surface area contributed by atoms with E-state index in [4.69, 9.17) is 11.6 Å². The lowest BCUT2D eigenvalue weighted by Crippen LogP contribution is -2.23. The summed E-state index contributed by atoms with van der Waals surface area (Å²) < 4.78 is 2.14. The second-order valence-electron chi connectivity index (χ2n) is 6.01. The lowest BCUT2D eigenvalue weighted by atomic mass is 10.1. The molecule has 134 valence electrons. The molecule has 0 radical (unpaired) electrons. The van der Waals surface area contributed by atoms with Gasteiger partial charge in [0, 0.05) is 10.4 Å². The van der Waals surface area contributed by atoms with Gasteiger partial charge in [0.2, 0.25) is 0 Å². The Labute approximate surface area is 164 Å². The van der Waals surface area contributed by atoms with Crippen LogP contribution in [0, 0.1) is 0 Å². The molecule has 3 rings (SSSR count). The molecule has 2 aromatic carbocycles. The molecule has 0 saturated heterocycles. The molecule has 0 spiro atoms. The first-order valence-electron chi connectivity index (χ1n) is 8.15. The highest BCUT2D eigenvalue weighted by Gasteiger charge is 2.15. The van der Waals surface area contributed by atoms with E-state index in [9.17, 15) is 9.90 Å². The minimum Gasteiger partial charge on any atom is -0.506 e. The molecule has 0 bridgehead atoms. The first-order chi connectivity index (χ1) is 12.4. The zero-order valence-corrected chi connectivity index (χ0v) is 16.6. The number of nitrogens with zero attached hydrogens (tertiary/aromatic N) is 3. The minimum absolute atomic E-state index is 0.00139. The molecule has 0 aliphatic carbocycles. The Morgan fingerprint density at radius 2 is 2.12 bits per heavy atom. The van der Waals surface area contributed by atoms with E-state index in [1.54, 1.807) is 18.2 Å². The van der Waals surface area contributed by atoms with Gasteiger partial charge in [-0.3, -0.25) is 4.79 Å². The molecular formula is C19H17BrClN3O2. The smallest absolute Gasteiger partial charge is 0.282 e. The first-order valence-corrected chi connectivity index (χ1v) is 9.33. The molecule has 0 amide bonds. The van der Waals surface area contributed by atoms with Crippen molar-refractivity contribution in [3.05, 3.63) is 67.6 Å². The van der Waals surface area contributed by atoms with Gasteiger partial charge >= 0.3 is 0 Å². The van der Waals surface area contributed by atoms with Crippen LogP contribution in [0.1, 0.15) is 37.6 Å². The maximum Gasteiger partial charge on any atom is 0.282 e. The predicted molar refractivity (Wildman–Crippen MR) is 109 cm³/mol. The molecule has 1 aromatic heterocycles. The molecule has 0 unspecified atom stereocenters. The van der Waals surface area contributed by atoms with E-state index in [1.165, 1.54) is 17.0 Å². The highest BCUT2D eigenvalue weighted by atomic mass is 79.9. The van der Waals surface area contributed by atoms with Gasteiger partial charge < -0.3 is 5.11 Å². The van der Waals surface area contributed by atoms with Gasteiger partial charge in [-0.15, -0.1) is 0 Å². The van der Waals surface area contributed by atoms with Gasteiger partial charge in [-0.05, 0) is 48.4 Å². The summed E-state index contributed by atoms with van der Waals surface area (Å²) in [7, 11) is 0. The summed E-state index contributed by atoms with van der Waals surface area (Å²) in [5.41, 5.74) is 1.09. The molecule has 1 N–H and O–H groups in total. The summed E-state index contributed by atoms with van der Waals surface area (Å²) in [4.78, 5) is 17.6. The number of fused-ring (bicyclic) bond motifs is 1. The lowest BCUT2D eigenvalue weighted by Gasteiger charge is -2.14. The highest BCUT2D eigenvalue weighted by molar-refractivity contribution is 9.10. The lowest BCUT2D eigenvalue weighted by molar-refractivity contribution is 0.475. The summed E-state index contributed by atoms with van der Waals surface area (Å²) in [6.45, 7) is 4.05. The van der Waals surface area contributed by atoms with Crippen molar-refractivity contribution in [3.8, 4) is 5.75 Å². The molecular weight excluding hydrogens is 418 g/mol. The zero-order valence-electron chi connectivity index (χ0n) is 14.3. The van der Waals surface area contributed by atoms with Crippen LogP contribution in [0.3, 0.4) is 0 Å². The number of benzene rings is 2. The van der Waals surface area contributed by atoms with Crippen molar-refractivity contribution in [1.82, 2.24) is 9.66 Å². The van der Waals surface area contributed by atoms with Crippen LogP contribution in [0.2, 0.25) is 5.02 Å². The van der Waals surface area contributed by atoms with Crippen molar-refractivity contribution in [2.75, 3.05) is 0 Å². The maximum absolute atomic E-state index is 13.0. The van der Waals surface area contributed by atoms with Gasteiger partial charge in [0.05, 0.1) is 22.1 Å². The summed E-state index contributed by atoms with van der Waals surface area (Å²) in [6, 6.07) is 10.2. The van der Waals surface area contributed by atoms with Gasteiger partial charge in [-0.1, -0.05) is 41.4 Å². The van der Waals surface area contributed by atoms with Gasteiger partial charge in [-0.25, -0.2) is 4.98 Å². The van der Waals surface area contributed by atoms with E-state index >= 15 is 0 Å². The fraction of sp³-hybridized carbons (Fsp3) is 0.211. The molecule has 0 saturated carbocycles. The van der Waals surface area contributed by atoms with Crippen molar-refractivity contribution >= 4 is 44.6 Å². The summed E-state index contributed by atoms with van der Waals surface area (Å²) in [5.74, 6) is 0.670. The second-order valence-corrected chi connectivity index (χ2v) is 7.34. The summed E-state index contributed by atoms with van der Waals surface area (Å²) in [6.07, 6.45) is 2.36. The number of phenolic OH excluding ortho intramolecular Hbond substituents is 1. The molecule has 0 aliphatic heterocycles. The van der Waals surface area contributed by atoms with E-state index in [0.717, 1.165) is 10.9 Å². The molecule has 1 atom stereocenters. The monoisotopic (exact) mass is 433 g/mol. The van der Waals surface area contributed by atoms with Crippen molar-refractivity contribution in [2.45, 2.75) is 26.2 Å². The number of aromatic hydroxyl groups is 1. The largest absolute Gasteiger partial charge is 0.506 e.